The van der Waals surface area contributed by atoms with Gasteiger partial charge in [0.25, 0.3) is 0 Å². The summed E-state index contributed by atoms with van der Waals surface area (Å²) in [6.45, 7) is 3.37. The van der Waals surface area contributed by atoms with Crippen LogP contribution in [0.15, 0.2) is 35.2 Å². The van der Waals surface area contributed by atoms with Crippen LogP contribution in [0.25, 0.3) is 0 Å². The Kier molecular flexibility index (Phi) is 5.79. The standard InChI is InChI=1S/C22H27N3O5S/c1-2-30-15-12-25(13-15)21(27)19-11-17(31(28,29)16-6-4-3-5-7-16)10-18(19)20(26)24-22(14-23)8-9-22/h3-7,15,17-19H,2,8-13H2,1H3,(H,24,26)/t17-,18-,19?/m1/s1. The first-order valence-electron chi connectivity index (χ1n) is 10.7. The monoisotopic (exact) mass is 445 g/mol. The summed E-state index contributed by atoms with van der Waals surface area (Å²) in [5.41, 5.74) is -0.863. The zero-order chi connectivity index (χ0) is 22.2. The van der Waals surface area contributed by atoms with Crippen LogP contribution in [0.1, 0.15) is 32.6 Å². The van der Waals surface area contributed by atoms with Crippen molar-refractivity contribution in [1.82, 2.24) is 10.2 Å². The number of ether oxygens (including phenoxy) is 1. The number of amides is 2. The minimum absolute atomic E-state index is 0.0141. The van der Waals surface area contributed by atoms with E-state index in [0.717, 1.165) is 0 Å². The Labute approximate surface area is 182 Å². The van der Waals surface area contributed by atoms with Crippen molar-refractivity contribution in [2.24, 2.45) is 11.8 Å². The van der Waals surface area contributed by atoms with Gasteiger partial charge in [-0.15, -0.1) is 0 Å². The molecule has 8 nitrogen and oxygen atoms in total. The zero-order valence-electron chi connectivity index (χ0n) is 17.5. The maximum Gasteiger partial charge on any atom is 0.226 e. The van der Waals surface area contributed by atoms with Gasteiger partial charge in [0.15, 0.2) is 9.84 Å². The van der Waals surface area contributed by atoms with E-state index in [2.05, 4.69) is 11.4 Å². The Morgan fingerprint density at radius 2 is 1.84 bits per heavy atom. The molecule has 0 radical (unpaired) electrons. The normalized spacial score (nSPS) is 27.2. The van der Waals surface area contributed by atoms with Crippen molar-refractivity contribution in [3.05, 3.63) is 30.3 Å². The Morgan fingerprint density at radius 1 is 1.19 bits per heavy atom. The van der Waals surface area contributed by atoms with E-state index in [1.807, 2.05) is 6.92 Å². The molecule has 1 aromatic carbocycles. The van der Waals surface area contributed by atoms with E-state index in [0.29, 0.717) is 32.5 Å². The third kappa shape index (κ3) is 4.19. The second-order valence-corrected chi connectivity index (χ2v) is 10.9. The molecular formula is C22H27N3O5S. The van der Waals surface area contributed by atoms with Crippen molar-refractivity contribution < 1.29 is 22.7 Å². The first-order valence-corrected chi connectivity index (χ1v) is 12.3. The molecule has 0 spiro atoms. The number of hydrogen-bond acceptors (Lipinski definition) is 6. The van der Waals surface area contributed by atoms with Gasteiger partial charge in [0, 0.05) is 19.7 Å². The molecule has 1 saturated heterocycles. The summed E-state index contributed by atoms with van der Waals surface area (Å²) in [5.74, 6) is -2.10. The molecule has 3 aliphatic rings. The van der Waals surface area contributed by atoms with Crippen LogP contribution in [0.2, 0.25) is 0 Å². The van der Waals surface area contributed by atoms with Crippen LogP contribution < -0.4 is 5.32 Å². The number of hydrogen-bond donors (Lipinski definition) is 1. The summed E-state index contributed by atoms with van der Waals surface area (Å²) in [5, 5.41) is 11.3. The quantitative estimate of drug-likeness (QED) is 0.676. The molecule has 1 heterocycles. The van der Waals surface area contributed by atoms with E-state index in [-0.39, 0.29) is 29.7 Å². The first kappa shape index (κ1) is 21.8. The highest BCUT2D eigenvalue weighted by molar-refractivity contribution is 7.92. The van der Waals surface area contributed by atoms with E-state index in [1.54, 1.807) is 23.1 Å². The lowest BCUT2D eigenvalue weighted by Gasteiger charge is -2.40. The van der Waals surface area contributed by atoms with Gasteiger partial charge in [-0.25, -0.2) is 8.42 Å². The summed E-state index contributed by atoms with van der Waals surface area (Å²) in [4.78, 5) is 28.0. The summed E-state index contributed by atoms with van der Waals surface area (Å²) in [6.07, 6.45) is 1.32. The molecule has 31 heavy (non-hydrogen) atoms. The highest BCUT2D eigenvalue weighted by atomic mass is 32.2. The zero-order valence-corrected chi connectivity index (χ0v) is 18.3. The summed E-state index contributed by atoms with van der Waals surface area (Å²) >= 11 is 0. The predicted octanol–water partition coefficient (Wildman–Crippen LogP) is 1.27. The fourth-order valence-electron chi connectivity index (χ4n) is 4.52. The van der Waals surface area contributed by atoms with Crippen LogP contribution in [0.4, 0.5) is 0 Å². The van der Waals surface area contributed by atoms with Crippen molar-refractivity contribution in [3.8, 4) is 6.07 Å². The molecular weight excluding hydrogens is 418 g/mol. The molecule has 166 valence electrons. The van der Waals surface area contributed by atoms with E-state index in [9.17, 15) is 23.3 Å². The molecule has 1 unspecified atom stereocenters. The Morgan fingerprint density at radius 3 is 2.42 bits per heavy atom. The molecule has 2 amide bonds. The van der Waals surface area contributed by atoms with Crippen molar-refractivity contribution in [1.29, 1.82) is 5.26 Å². The average molecular weight is 446 g/mol. The molecule has 1 aromatic rings. The Bertz CT molecular complexity index is 994. The lowest BCUT2D eigenvalue weighted by molar-refractivity contribution is -0.152. The van der Waals surface area contributed by atoms with Crippen LogP contribution in [-0.4, -0.2) is 61.7 Å². The van der Waals surface area contributed by atoms with Gasteiger partial charge < -0.3 is 15.0 Å². The van der Waals surface area contributed by atoms with Gasteiger partial charge in [0.05, 0.1) is 34.2 Å². The molecule has 2 saturated carbocycles. The summed E-state index contributed by atoms with van der Waals surface area (Å²) in [6, 6.07) is 10.3. The molecule has 1 N–H and O–H groups in total. The van der Waals surface area contributed by atoms with Gasteiger partial charge in [-0.05, 0) is 44.7 Å². The van der Waals surface area contributed by atoms with Gasteiger partial charge in [-0.2, -0.15) is 5.26 Å². The maximum atomic E-state index is 13.2. The smallest absolute Gasteiger partial charge is 0.226 e. The third-order valence-corrected chi connectivity index (χ3v) is 8.76. The van der Waals surface area contributed by atoms with Crippen molar-refractivity contribution in [2.75, 3.05) is 19.7 Å². The van der Waals surface area contributed by atoms with Crippen LogP contribution in [0.5, 0.6) is 0 Å². The number of likely N-dealkylation sites (tertiary alicyclic amines) is 1. The molecule has 0 aromatic heterocycles. The number of carbonyl (C=O) groups is 2. The van der Waals surface area contributed by atoms with Gasteiger partial charge in [-0.3, -0.25) is 9.59 Å². The van der Waals surface area contributed by atoms with Crippen molar-refractivity contribution in [3.63, 3.8) is 0 Å². The van der Waals surface area contributed by atoms with E-state index >= 15 is 0 Å². The second-order valence-electron chi connectivity index (χ2n) is 8.67. The van der Waals surface area contributed by atoms with Gasteiger partial charge in [0.1, 0.15) is 5.54 Å². The van der Waals surface area contributed by atoms with Gasteiger partial charge in [-0.1, -0.05) is 18.2 Å². The summed E-state index contributed by atoms with van der Waals surface area (Å²) < 4.78 is 31.9. The Balaban J connectivity index is 1.54. The molecule has 1 aliphatic heterocycles. The number of nitriles is 1. The number of rotatable bonds is 7. The largest absolute Gasteiger partial charge is 0.375 e. The van der Waals surface area contributed by atoms with E-state index in [4.69, 9.17) is 4.74 Å². The van der Waals surface area contributed by atoms with E-state index < -0.39 is 38.4 Å². The minimum atomic E-state index is -3.68. The molecule has 0 bridgehead atoms. The average Bonchev–Trinajstić information content (AvgIpc) is 3.35. The fourth-order valence-corrected chi connectivity index (χ4v) is 6.36. The maximum absolute atomic E-state index is 13.2. The van der Waals surface area contributed by atoms with Gasteiger partial charge >= 0.3 is 0 Å². The van der Waals surface area contributed by atoms with E-state index in [1.165, 1.54) is 12.1 Å². The number of carbonyl (C=O) groups excluding carboxylic acids is 2. The Hall–Kier alpha value is -2.44. The third-order valence-electron chi connectivity index (χ3n) is 6.57. The number of sulfone groups is 1. The number of benzene rings is 1. The van der Waals surface area contributed by atoms with Crippen LogP contribution >= 0.6 is 0 Å². The SMILES string of the molecule is CCOC1CN(C(=O)C2C[C@H](S(=O)(=O)c3ccccc3)C[C@H]2C(=O)NC2(C#N)CC2)C1. The lowest BCUT2D eigenvalue weighted by Crippen LogP contribution is -2.57. The molecule has 3 fully saturated rings. The fraction of sp³-hybridized carbons (Fsp3) is 0.591. The van der Waals surface area contributed by atoms with Crippen LogP contribution in [0, 0.1) is 23.2 Å². The van der Waals surface area contributed by atoms with Crippen molar-refractivity contribution >= 4 is 21.7 Å². The first-order chi connectivity index (χ1) is 14.8. The lowest BCUT2D eigenvalue weighted by atomic mass is 9.92. The molecule has 2 aliphatic carbocycles. The van der Waals surface area contributed by atoms with Crippen LogP contribution in [-0.2, 0) is 24.2 Å². The predicted molar refractivity (Wildman–Crippen MR) is 111 cm³/mol. The topological polar surface area (TPSA) is 117 Å². The molecule has 3 atom stereocenters. The highest BCUT2D eigenvalue weighted by Gasteiger charge is 2.52. The van der Waals surface area contributed by atoms with Gasteiger partial charge in [0.2, 0.25) is 11.8 Å². The van der Waals surface area contributed by atoms with Crippen LogP contribution in [0.3, 0.4) is 0 Å². The number of nitrogens with one attached hydrogen (secondary N) is 1. The summed E-state index contributed by atoms with van der Waals surface area (Å²) in [7, 11) is -3.68. The second kappa shape index (κ2) is 8.24. The molecule has 4 rings (SSSR count). The minimum Gasteiger partial charge on any atom is -0.375 e. The van der Waals surface area contributed by atoms with Crippen molar-refractivity contribution in [2.45, 2.75) is 54.4 Å². The highest BCUT2D eigenvalue weighted by Crippen LogP contribution is 2.42. The number of nitrogens with zero attached hydrogens (tertiary/aromatic N) is 2. The molecule has 9 heteroatoms.